The smallest absolute Gasteiger partial charge is 0.230 e. The van der Waals surface area contributed by atoms with Crippen LogP contribution in [-0.4, -0.2) is 11.7 Å². The lowest BCUT2D eigenvalue weighted by molar-refractivity contribution is -0.118. The molecular formula is C15H17NO2S. The van der Waals surface area contributed by atoms with Crippen LogP contribution in [0.4, 0.5) is 0 Å². The molecule has 1 N–H and O–H groups in total. The monoisotopic (exact) mass is 275 g/mol. The number of benzene rings is 1. The normalized spacial score (nSPS) is 10.4. The van der Waals surface area contributed by atoms with Gasteiger partial charge in [-0.2, -0.15) is 0 Å². The molecule has 1 heterocycles. The van der Waals surface area contributed by atoms with Crippen molar-refractivity contribution in [3.8, 4) is 0 Å². The largest absolute Gasteiger partial charge is 0.467 e. The van der Waals surface area contributed by atoms with Gasteiger partial charge in [-0.15, -0.1) is 11.8 Å². The van der Waals surface area contributed by atoms with Crippen LogP contribution < -0.4 is 5.32 Å². The summed E-state index contributed by atoms with van der Waals surface area (Å²) in [6.45, 7) is 4.61. The number of hydrogen-bond donors (Lipinski definition) is 1. The highest BCUT2D eigenvalue weighted by molar-refractivity contribution is 8.00. The fraction of sp³-hybridized carbons (Fsp3) is 0.267. The van der Waals surface area contributed by atoms with Gasteiger partial charge in [-0.1, -0.05) is 6.07 Å². The molecule has 0 aliphatic rings. The van der Waals surface area contributed by atoms with Gasteiger partial charge in [0.25, 0.3) is 0 Å². The molecule has 0 aliphatic carbocycles. The SMILES string of the molecule is Cc1ccc(SCC(=O)NCc2ccco2)cc1C. The Morgan fingerprint density at radius 3 is 2.79 bits per heavy atom. The molecule has 0 unspecified atom stereocenters. The third-order valence-corrected chi connectivity index (χ3v) is 3.88. The van der Waals surface area contributed by atoms with Gasteiger partial charge >= 0.3 is 0 Å². The van der Waals surface area contributed by atoms with Crippen molar-refractivity contribution in [2.75, 3.05) is 5.75 Å². The standard InChI is InChI=1S/C15H17NO2S/c1-11-5-6-14(8-12(11)2)19-10-15(17)16-9-13-4-3-7-18-13/h3-8H,9-10H2,1-2H3,(H,16,17). The van der Waals surface area contributed by atoms with Gasteiger partial charge in [0.05, 0.1) is 18.6 Å². The van der Waals surface area contributed by atoms with E-state index in [1.165, 1.54) is 11.1 Å². The number of furan rings is 1. The van der Waals surface area contributed by atoms with E-state index in [9.17, 15) is 4.79 Å². The van der Waals surface area contributed by atoms with Crippen LogP contribution in [0.2, 0.25) is 0 Å². The molecule has 100 valence electrons. The number of hydrogen-bond acceptors (Lipinski definition) is 3. The lowest BCUT2D eigenvalue weighted by atomic mass is 10.1. The Bertz CT molecular complexity index is 549. The predicted octanol–water partition coefficient (Wildman–Crippen LogP) is 3.30. The second-order valence-electron chi connectivity index (χ2n) is 4.39. The zero-order chi connectivity index (χ0) is 13.7. The molecule has 2 aromatic rings. The van der Waals surface area contributed by atoms with E-state index in [2.05, 4.69) is 31.3 Å². The van der Waals surface area contributed by atoms with Crippen LogP contribution in [0.1, 0.15) is 16.9 Å². The van der Waals surface area contributed by atoms with E-state index < -0.39 is 0 Å². The Morgan fingerprint density at radius 2 is 2.11 bits per heavy atom. The molecule has 0 saturated carbocycles. The molecule has 0 bridgehead atoms. The Balaban J connectivity index is 1.78. The van der Waals surface area contributed by atoms with Gasteiger partial charge in [0.15, 0.2) is 0 Å². The molecule has 1 aromatic carbocycles. The summed E-state index contributed by atoms with van der Waals surface area (Å²) >= 11 is 1.55. The van der Waals surface area contributed by atoms with Crippen LogP contribution in [0.25, 0.3) is 0 Å². The van der Waals surface area contributed by atoms with Gasteiger partial charge in [-0.3, -0.25) is 4.79 Å². The molecule has 19 heavy (non-hydrogen) atoms. The highest BCUT2D eigenvalue weighted by Gasteiger charge is 2.04. The first-order valence-corrected chi connectivity index (χ1v) is 7.13. The summed E-state index contributed by atoms with van der Waals surface area (Å²) in [4.78, 5) is 12.8. The van der Waals surface area contributed by atoms with Crippen molar-refractivity contribution in [1.29, 1.82) is 0 Å². The Hall–Kier alpha value is -1.68. The Labute approximate surface area is 117 Å². The summed E-state index contributed by atoms with van der Waals surface area (Å²) < 4.78 is 5.15. The van der Waals surface area contributed by atoms with E-state index >= 15 is 0 Å². The quantitative estimate of drug-likeness (QED) is 0.851. The molecule has 3 nitrogen and oxygen atoms in total. The van der Waals surface area contributed by atoms with Crippen molar-refractivity contribution in [2.45, 2.75) is 25.3 Å². The molecule has 1 amide bonds. The maximum Gasteiger partial charge on any atom is 0.230 e. The van der Waals surface area contributed by atoms with Crippen LogP contribution in [0.5, 0.6) is 0 Å². The van der Waals surface area contributed by atoms with Crippen molar-refractivity contribution < 1.29 is 9.21 Å². The maximum absolute atomic E-state index is 11.7. The van der Waals surface area contributed by atoms with Crippen molar-refractivity contribution in [1.82, 2.24) is 5.32 Å². The number of thioether (sulfide) groups is 1. The highest BCUT2D eigenvalue weighted by Crippen LogP contribution is 2.20. The van der Waals surface area contributed by atoms with E-state index in [0.29, 0.717) is 12.3 Å². The first-order valence-electron chi connectivity index (χ1n) is 6.14. The molecule has 0 atom stereocenters. The van der Waals surface area contributed by atoms with Gasteiger partial charge in [0.2, 0.25) is 5.91 Å². The topological polar surface area (TPSA) is 42.2 Å². The molecular weight excluding hydrogens is 258 g/mol. The van der Waals surface area contributed by atoms with Crippen molar-refractivity contribution >= 4 is 17.7 Å². The summed E-state index contributed by atoms with van der Waals surface area (Å²) in [6.07, 6.45) is 1.60. The van der Waals surface area contributed by atoms with E-state index in [1.54, 1.807) is 18.0 Å². The predicted molar refractivity (Wildman–Crippen MR) is 77.2 cm³/mol. The summed E-state index contributed by atoms with van der Waals surface area (Å²) in [5.74, 6) is 1.20. The molecule has 0 saturated heterocycles. The third kappa shape index (κ3) is 4.17. The number of carbonyl (C=O) groups excluding carboxylic acids is 1. The average Bonchev–Trinajstić information content (AvgIpc) is 2.91. The van der Waals surface area contributed by atoms with E-state index in [-0.39, 0.29) is 5.91 Å². The minimum atomic E-state index is 0.0135. The Morgan fingerprint density at radius 1 is 1.26 bits per heavy atom. The molecule has 4 heteroatoms. The van der Waals surface area contributed by atoms with Gasteiger partial charge in [-0.05, 0) is 49.2 Å². The van der Waals surface area contributed by atoms with Crippen LogP contribution >= 0.6 is 11.8 Å². The van der Waals surface area contributed by atoms with Gasteiger partial charge in [-0.25, -0.2) is 0 Å². The molecule has 0 fully saturated rings. The van der Waals surface area contributed by atoms with E-state index in [4.69, 9.17) is 4.42 Å². The number of rotatable bonds is 5. The van der Waals surface area contributed by atoms with Crippen LogP contribution in [0.3, 0.4) is 0 Å². The number of amides is 1. The number of aryl methyl sites for hydroxylation is 2. The van der Waals surface area contributed by atoms with Crippen LogP contribution in [0.15, 0.2) is 45.9 Å². The summed E-state index contributed by atoms with van der Waals surface area (Å²) in [5, 5.41) is 2.83. The van der Waals surface area contributed by atoms with Gasteiger partial charge in [0, 0.05) is 4.90 Å². The van der Waals surface area contributed by atoms with Gasteiger partial charge < -0.3 is 9.73 Å². The van der Waals surface area contributed by atoms with E-state index in [0.717, 1.165) is 10.7 Å². The lowest BCUT2D eigenvalue weighted by Crippen LogP contribution is -2.24. The fourth-order valence-corrected chi connectivity index (χ4v) is 2.43. The van der Waals surface area contributed by atoms with Gasteiger partial charge in [0.1, 0.15) is 5.76 Å². The first kappa shape index (κ1) is 13.7. The zero-order valence-corrected chi connectivity index (χ0v) is 11.9. The van der Waals surface area contributed by atoms with Crippen LogP contribution in [-0.2, 0) is 11.3 Å². The van der Waals surface area contributed by atoms with E-state index in [1.807, 2.05) is 18.2 Å². The van der Waals surface area contributed by atoms with Crippen molar-refractivity contribution in [3.63, 3.8) is 0 Å². The van der Waals surface area contributed by atoms with Crippen molar-refractivity contribution in [3.05, 3.63) is 53.5 Å². The second kappa shape index (κ2) is 6.48. The molecule has 0 spiro atoms. The fourth-order valence-electron chi connectivity index (χ4n) is 1.60. The summed E-state index contributed by atoms with van der Waals surface area (Å²) in [6, 6.07) is 9.90. The number of nitrogens with one attached hydrogen (secondary N) is 1. The molecule has 1 aromatic heterocycles. The zero-order valence-electron chi connectivity index (χ0n) is 11.1. The third-order valence-electron chi connectivity index (χ3n) is 2.89. The molecule has 0 aliphatic heterocycles. The molecule has 2 rings (SSSR count). The van der Waals surface area contributed by atoms with Crippen LogP contribution in [0, 0.1) is 13.8 Å². The lowest BCUT2D eigenvalue weighted by Gasteiger charge is -2.05. The van der Waals surface area contributed by atoms with Crippen molar-refractivity contribution in [2.24, 2.45) is 0 Å². The summed E-state index contributed by atoms with van der Waals surface area (Å²) in [7, 11) is 0. The minimum absolute atomic E-state index is 0.0135. The maximum atomic E-state index is 11.7. The first-order chi connectivity index (χ1) is 9.15. The Kier molecular flexibility index (Phi) is 4.68. The summed E-state index contributed by atoms with van der Waals surface area (Å²) in [5.41, 5.74) is 2.52. The average molecular weight is 275 g/mol. The highest BCUT2D eigenvalue weighted by atomic mass is 32.2. The number of carbonyl (C=O) groups is 1. The molecule has 0 radical (unpaired) electrons. The minimum Gasteiger partial charge on any atom is -0.467 e. The second-order valence-corrected chi connectivity index (χ2v) is 5.44.